The van der Waals surface area contributed by atoms with Crippen LogP contribution in [0.1, 0.15) is 0 Å². The summed E-state index contributed by atoms with van der Waals surface area (Å²) in [6, 6.07) is 8.14. The van der Waals surface area contributed by atoms with Gasteiger partial charge in [0.1, 0.15) is 23.0 Å². The van der Waals surface area contributed by atoms with E-state index >= 15 is 0 Å². The minimum Gasteiger partial charge on any atom is -0.338 e. The molecule has 0 aliphatic heterocycles. The third-order valence-electron chi connectivity index (χ3n) is 2.86. The van der Waals surface area contributed by atoms with Gasteiger partial charge in [-0.25, -0.2) is 13.8 Å². The van der Waals surface area contributed by atoms with E-state index in [9.17, 15) is 18.9 Å². The second kappa shape index (κ2) is 4.37. The molecule has 0 spiro atoms. The molecule has 0 aliphatic rings. The van der Waals surface area contributed by atoms with Crippen molar-refractivity contribution in [1.82, 2.24) is 9.97 Å². The Balaban J connectivity index is 2.30. The number of para-hydroxylation sites is 2. The number of rotatable bonds is 2. The zero-order valence-electron chi connectivity index (χ0n) is 9.93. The third kappa shape index (κ3) is 1.89. The highest BCUT2D eigenvalue weighted by atomic mass is 19.1. The molecule has 3 rings (SSSR count). The van der Waals surface area contributed by atoms with Crippen LogP contribution < -0.4 is 0 Å². The Kier molecular flexibility index (Phi) is 2.67. The number of nitrogens with one attached hydrogen (secondary N) is 1. The average Bonchev–Trinajstić information content (AvgIpc) is 2.80. The first-order valence-corrected chi connectivity index (χ1v) is 5.65. The van der Waals surface area contributed by atoms with E-state index in [1.165, 1.54) is 0 Å². The zero-order chi connectivity index (χ0) is 14.3. The van der Waals surface area contributed by atoms with Gasteiger partial charge in [-0.3, -0.25) is 10.1 Å². The van der Waals surface area contributed by atoms with Gasteiger partial charge >= 0.3 is 0 Å². The van der Waals surface area contributed by atoms with Gasteiger partial charge in [0.15, 0.2) is 0 Å². The molecule has 20 heavy (non-hydrogen) atoms. The van der Waals surface area contributed by atoms with E-state index in [-0.39, 0.29) is 11.4 Å². The van der Waals surface area contributed by atoms with Gasteiger partial charge in [0.2, 0.25) is 0 Å². The number of hydrogen-bond acceptors (Lipinski definition) is 3. The molecule has 0 aliphatic carbocycles. The van der Waals surface area contributed by atoms with E-state index < -0.39 is 22.2 Å². The van der Waals surface area contributed by atoms with Gasteiger partial charge in [0, 0.05) is 6.07 Å². The first kappa shape index (κ1) is 12.2. The lowest BCUT2D eigenvalue weighted by atomic mass is 10.1. The normalized spacial score (nSPS) is 10.9. The van der Waals surface area contributed by atoms with Crippen LogP contribution in [0.4, 0.5) is 14.5 Å². The molecule has 0 atom stereocenters. The van der Waals surface area contributed by atoms with Crippen molar-refractivity contribution >= 4 is 16.7 Å². The van der Waals surface area contributed by atoms with Crippen LogP contribution in [0.2, 0.25) is 0 Å². The molecule has 1 aromatic heterocycles. The maximum absolute atomic E-state index is 13.9. The first-order chi connectivity index (χ1) is 9.56. The van der Waals surface area contributed by atoms with Crippen LogP contribution >= 0.6 is 0 Å². The Morgan fingerprint density at radius 3 is 2.65 bits per heavy atom. The first-order valence-electron chi connectivity index (χ1n) is 5.65. The minimum absolute atomic E-state index is 0.00426. The minimum atomic E-state index is -1.03. The molecular formula is C13H7F2N3O2. The van der Waals surface area contributed by atoms with E-state index in [0.717, 1.165) is 0 Å². The molecule has 2 aromatic carbocycles. The molecule has 0 fully saturated rings. The standard InChI is InChI=1S/C13H7F2N3O2/c14-7-5-8(15)12(11(6-7)18(19)20)13-16-9-3-1-2-4-10(9)17-13/h1-6H,(H,16,17). The number of aromatic nitrogens is 2. The van der Waals surface area contributed by atoms with E-state index in [2.05, 4.69) is 9.97 Å². The van der Waals surface area contributed by atoms with E-state index in [4.69, 9.17) is 0 Å². The number of halogens is 2. The topological polar surface area (TPSA) is 71.8 Å². The summed E-state index contributed by atoms with van der Waals surface area (Å²) in [6.07, 6.45) is 0. The average molecular weight is 275 g/mol. The van der Waals surface area contributed by atoms with E-state index in [0.29, 0.717) is 23.2 Å². The summed E-state index contributed by atoms with van der Waals surface area (Å²) in [5.41, 5.74) is 0.134. The molecular weight excluding hydrogens is 268 g/mol. The number of benzene rings is 2. The predicted octanol–water partition coefficient (Wildman–Crippen LogP) is 3.42. The van der Waals surface area contributed by atoms with Crippen LogP contribution in [0.15, 0.2) is 36.4 Å². The monoisotopic (exact) mass is 275 g/mol. The van der Waals surface area contributed by atoms with Crippen molar-refractivity contribution in [3.05, 3.63) is 58.1 Å². The number of fused-ring (bicyclic) bond motifs is 1. The largest absolute Gasteiger partial charge is 0.338 e. The van der Waals surface area contributed by atoms with Gasteiger partial charge in [-0.15, -0.1) is 0 Å². The van der Waals surface area contributed by atoms with E-state index in [1.54, 1.807) is 24.3 Å². The second-order valence-corrected chi connectivity index (χ2v) is 4.14. The fourth-order valence-corrected chi connectivity index (χ4v) is 2.01. The smallest absolute Gasteiger partial charge is 0.286 e. The summed E-state index contributed by atoms with van der Waals surface area (Å²) >= 11 is 0. The number of aromatic amines is 1. The lowest BCUT2D eigenvalue weighted by molar-refractivity contribution is -0.384. The zero-order valence-corrected chi connectivity index (χ0v) is 9.93. The highest BCUT2D eigenvalue weighted by Gasteiger charge is 2.24. The van der Waals surface area contributed by atoms with E-state index in [1.807, 2.05) is 0 Å². The van der Waals surface area contributed by atoms with Gasteiger partial charge in [0.25, 0.3) is 5.69 Å². The lowest BCUT2D eigenvalue weighted by Crippen LogP contribution is -1.97. The van der Waals surface area contributed by atoms with Crippen LogP contribution in [0.25, 0.3) is 22.4 Å². The van der Waals surface area contributed by atoms with Crippen LogP contribution in [0.5, 0.6) is 0 Å². The molecule has 0 saturated heterocycles. The van der Waals surface area contributed by atoms with Gasteiger partial charge in [0.05, 0.1) is 22.0 Å². The highest BCUT2D eigenvalue weighted by molar-refractivity contribution is 5.81. The van der Waals surface area contributed by atoms with Crippen LogP contribution in [0, 0.1) is 21.7 Å². The molecule has 5 nitrogen and oxygen atoms in total. The summed E-state index contributed by atoms with van der Waals surface area (Å²) in [5, 5.41) is 10.9. The van der Waals surface area contributed by atoms with Crippen molar-refractivity contribution in [1.29, 1.82) is 0 Å². The molecule has 0 bridgehead atoms. The van der Waals surface area contributed by atoms with Crippen LogP contribution in [-0.4, -0.2) is 14.9 Å². The van der Waals surface area contributed by atoms with Gasteiger partial charge in [-0.1, -0.05) is 12.1 Å². The SMILES string of the molecule is O=[N+]([O-])c1cc(F)cc(F)c1-c1nc2ccccc2[nH]1. The third-order valence-corrected chi connectivity index (χ3v) is 2.86. The van der Waals surface area contributed by atoms with Crippen molar-refractivity contribution in [2.45, 2.75) is 0 Å². The fourth-order valence-electron chi connectivity index (χ4n) is 2.01. The number of nitrogens with zero attached hydrogens (tertiary/aromatic N) is 2. The summed E-state index contributed by atoms with van der Waals surface area (Å²) in [5.74, 6) is -2.04. The fraction of sp³-hybridized carbons (Fsp3) is 0. The van der Waals surface area contributed by atoms with Crippen molar-refractivity contribution in [3.63, 3.8) is 0 Å². The second-order valence-electron chi connectivity index (χ2n) is 4.14. The Labute approximate surface area is 111 Å². The molecule has 100 valence electrons. The maximum Gasteiger partial charge on any atom is 0.286 e. The number of imidazole rings is 1. The Hall–Kier alpha value is -2.83. The molecule has 0 amide bonds. The summed E-state index contributed by atoms with van der Waals surface area (Å²) in [6.45, 7) is 0. The molecule has 0 radical (unpaired) electrons. The number of H-pyrrole nitrogens is 1. The number of nitro benzene ring substituents is 1. The van der Waals surface area contributed by atoms with Crippen molar-refractivity contribution in [2.24, 2.45) is 0 Å². The highest BCUT2D eigenvalue weighted by Crippen LogP contribution is 2.32. The molecule has 0 unspecified atom stereocenters. The van der Waals surface area contributed by atoms with Crippen LogP contribution in [-0.2, 0) is 0 Å². The molecule has 0 saturated carbocycles. The van der Waals surface area contributed by atoms with Crippen molar-refractivity contribution in [3.8, 4) is 11.4 Å². The van der Waals surface area contributed by atoms with Crippen molar-refractivity contribution in [2.75, 3.05) is 0 Å². The van der Waals surface area contributed by atoms with Gasteiger partial charge in [-0.2, -0.15) is 0 Å². The lowest BCUT2D eigenvalue weighted by Gasteiger charge is -2.01. The quantitative estimate of drug-likeness (QED) is 0.575. The van der Waals surface area contributed by atoms with Crippen LogP contribution in [0.3, 0.4) is 0 Å². The van der Waals surface area contributed by atoms with Gasteiger partial charge in [-0.05, 0) is 12.1 Å². The maximum atomic E-state index is 13.9. The molecule has 1 N–H and O–H groups in total. The predicted molar refractivity (Wildman–Crippen MR) is 68.1 cm³/mol. The summed E-state index contributed by atoms with van der Waals surface area (Å²) in [4.78, 5) is 17.0. The summed E-state index contributed by atoms with van der Waals surface area (Å²) in [7, 11) is 0. The van der Waals surface area contributed by atoms with Gasteiger partial charge < -0.3 is 4.98 Å². The molecule has 3 aromatic rings. The number of nitro groups is 1. The Morgan fingerprint density at radius 1 is 1.20 bits per heavy atom. The summed E-state index contributed by atoms with van der Waals surface area (Å²) < 4.78 is 27.0. The Morgan fingerprint density at radius 2 is 1.95 bits per heavy atom. The number of hydrogen-bond donors (Lipinski definition) is 1. The Bertz CT molecular complexity index is 797. The molecule has 1 heterocycles. The molecule has 7 heteroatoms. The van der Waals surface area contributed by atoms with Crippen molar-refractivity contribution < 1.29 is 13.7 Å².